The highest BCUT2D eigenvalue weighted by Gasteiger charge is 2.40. The second-order valence-electron chi connectivity index (χ2n) is 5.27. The summed E-state index contributed by atoms with van der Waals surface area (Å²) in [7, 11) is -2.68. The number of hydrogen-bond donors (Lipinski definition) is 1. The van der Waals surface area contributed by atoms with Crippen LogP contribution >= 0.6 is 0 Å². The molecule has 22 heavy (non-hydrogen) atoms. The summed E-state index contributed by atoms with van der Waals surface area (Å²) in [6.07, 6.45) is 5.45. The molecule has 6 heteroatoms. The van der Waals surface area contributed by atoms with Gasteiger partial charge in [0, 0.05) is 6.42 Å². The lowest BCUT2D eigenvalue weighted by molar-refractivity contribution is 0.274. The number of methoxy groups -OCH3 is 1. The van der Waals surface area contributed by atoms with Crippen molar-refractivity contribution in [2.24, 2.45) is 0 Å². The molecule has 0 amide bonds. The van der Waals surface area contributed by atoms with E-state index in [2.05, 4.69) is 0 Å². The second-order valence-corrected chi connectivity index (χ2v) is 7.04. The molecule has 1 aliphatic carbocycles. The van der Waals surface area contributed by atoms with Gasteiger partial charge in [-0.15, -0.1) is 0 Å². The van der Waals surface area contributed by atoms with Crippen molar-refractivity contribution >= 4 is 10.1 Å². The maximum absolute atomic E-state index is 11.8. The average molecular weight is 324 g/mol. The van der Waals surface area contributed by atoms with E-state index in [-0.39, 0.29) is 19.4 Å². The summed E-state index contributed by atoms with van der Waals surface area (Å²) in [5.74, 6) is 1.13. The minimum absolute atomic E-state index is 0.150. The van der Waals surface area contributed by atoms with Gasteiger partial charge in [0.25, 0.3) is 10.1 Å². The van der Waals surface area contributed by atoms with E-state index in [9.17, 15) is 13.0 Å². The van der Waals surface area contributed by atoms with Crippen LogP contribution in [0.15, 0.2) is 48.1 Å². The molecule has 0 aliphatic heterocycles. The van der Waals surface area contributed by atoms with Crippen LogP contribution < -0.4 is 9.47 Å². The first-order chi connectivity index (χ1) is 10.4. The van der Waals surface area contributed by atoms with Crippen molar-refractivity contribution < 1.29 is 22.4 Å². The zero-order chi connectivity index (χ0) is 16.2. The fourth-order valence-electron chi connectivity index (χ4n) is 2.33. The van der Waals surface area contributed by atoms with Gasteiger partial charge in [-0.3, -0.25) is 4.55 Å². The Kier molecular flexibility index (Phi) is 4.93. The van der Waals surface area contributed by atoms with Gasteiger partial charge in [0.05, 0.1) is 13.7 Å². The lowest BCUT2D eigenvalue weighted by atomic mass is 9.93. The molecule has 0 saturated heterocycles. The Morgan fingerprint density at radius 2 is 1.95 bits per heavy atom. The maximum atomic E-state index is 11.8. The molecule has 1 aliphatic rings. The van der Waals surface area contributed by atoms with E-state index in [4.69, 9.17) is 9.47 Å². The Morgan fingerprint density at radius 3 is 2.50 bits per heavy atom. The predicted molar refractivity (Wildman–Crippen MR) is 84.9 cm³/mol. The standard InChI is InChI=1S/C16H20O5S/c1-13-7-9-16(10-8-13,22(17,18)19)11-12-21-15-6-4-3-5-14(15)20-2/h3-9H,10-12H2,1-2H3,(H,17,18,19)/t16-/m0/s1. The third kappa shape index (κ3) is 3.51. The van der Waals surface area contributed by atoms with Crippen molar-refractivity contribution in [2.45, 2.75) is 24.5 Å². The predicted octanol–water partition coefficient (Wildman–Crippen LogP) is 3.00. The van der Waals surface area contributed by atoms with Crippen LogP contribution in [0.4, 0.5) is 0 Å². The van der Waals surface area contributed by atoms with Crippen molar-refractivity contribution in [3.8, 4) is 11.5 Å². The second kappa shape index (κ2) is 6.54. The van der Waals surface area contributed by atoms with Gasteiger partial charge >= 0.3 is 0 Å². The molecule has 2 rings (SSSR count). The third-order valence-corrected chi connectivity index (χ3v) is 5.32. The van der Waals surface area contributed by atoms with E-state index in [0.29, 0.717) is 11.5 Å². The minimum atomic E-state index is -4.22. The highest BCUT2D eigenvalue weighted by molar-refractivity contribution is 7.87. The third-order valence-electron chi connectivity index (χ3n) is 3.79. The zero-order valence-electron chi connectivity index (χ0n) is 12.7. The molecule has 0 bridgehead atoms. The highest BCUT2D eigenvalue weighted by Crippen LogP contribution is 2.33. The first kappa shape index (κ1) is 16.6. The number of benzene rings is 1. The van der Waals surface area contributed by atoms with Gasteiger partial charge < -0.3 is 9.47 Å². The van der Waals surface area contributed by atoms with E-state index < -0.39 is 14.9 Å². The average Bonchev–Trinajstić information content (AvgIpc) is 2.49. The Balaban J connectivity index is 2.09. The number of para-hydroxylation sites is 2. The molecule has 120 valence electrons. The summed E-state index contributed by atoms with van der Waals surface area (Å²) in [6.45, 7) is 2.03. The van der Waals surface area contributed by atoms with Crippen LogP contribution in [0, 0.1) is 0 Å². The van der Waals surface area contributed by atoms with Gasteiger partial charge in [0.15, 0.2) is 11.5 Å². The number of allylic oxidation sites excluding steroid dienone is 3. The Morgan fingerprint density at radius 1 is 1.27 bits per heavy atom. The van der Waals surface area contributed by atoms with Crippen molar-refractivity contribution in [3.05, 3.63) is 48.1 Å². The van der Waals surface area contributed by atoms with Gasteiger partial charge in [-0.05, 0) is 25.5 Å². The first-order valence-corrected chi connectivity index (χ1v) is 8.41. The van der Waals surface area contributed by atoms with Gasteiger partial charge in [-0.1, -0.05) is 35.9 Å². The van der Waals surface area contributed by atoms with Gasteiger partial charge in [-0.25, -0.2) is 0 Å². The molecule has 0 saturated carbocycles. The number of rotatable bonds is 6. The molecule has 0 aromatic heterocycles. The summed E-state index contributed by atoms with van der Waals surface area (Å²) in [5.41, 5.74) is 0.977. The smallest absolute Gasteiger partial charge is 0.274 e. The largest absolute Gasteiger partial charge is 0.493 e. The fraction of sp³-hybridized carbons (Fsp3) is 0.375. The lowest BCUT2D eigenvalue weighted by Crippen LogP contribution is -2.38. The molecule has 0 radical (unpaired) electrons. The Bertz CT molecular complexity index is 690. The van der Waals surface area contributed by atoms with Gasteiger partial charge in [0.1, 0.15) is 4.75 Å². The van der Waals surface area contributed by atoms with Crippen LogP contribution in [-0.2, 0) is 10.1 Å². The normalized spacial score (nSPS) is 21.3. The van der Waals surface area contributed by atoms with Crippen molar-refractivity contribution in [2.75, 3.05) is 13.7 Å². The molecule has 0 unspecified atom stereocenters. The maximum Gasteiger partial charge on any atom is 0.274 e. The SMILES string of the molecule is COc1ccccc1OCC[C@]1(S(=O)(=O)O)C=CC(C)=CC1. The van der Waals surface area contributed by atoms with Crippen LogP contribution in [0.1, 0.15) is 19.8 Å². The number of hydrogen-bond acceptors (Lipinski definition) is 4. The van der Waals surface area contributed by atoms with Crippen LogP contribution in [0.2, 0.25) is 0 Å². The van der Waals surface area contributed by atoms with Crippen LogP contribution in [0.25, 0.3) is 0 Å². The number of ether oxygens (including phenoxy) is 2. The van der Waals surface area contributed by atoms with Crippen LogP contribution in [-0.4, -0.2) is 31.4 Å². The van der Waals surface area contributed by atoms with Crippen LogP contribution in [0.3, 0.4) is 0 Å². The van der Waals surface area contributed by atoms with Gasteiger partial charge in [0.2, 0.25) is 0 Å². The topological polar surface area (TPSA) is 72.8 Å². The Hall–Kier alpha value is -1.79. The molecule has 0 spiro atoms. The van der Waals surface area contributed by atoms with Crippen molar-refractivity contribution in [3.63, 3.8) is 0 Å². The summed E-state index contributed by atoms with van der Waals surface area (Å²) in [4.78, 5) is 0. The molecule has 1 aromatic rings. The van der Waals surface area contributed by atoms with Crippen LogP contribution in [0.5, 0.6) is 11.5 Å². The lowest BCUT2D eigenvalue weighted by Gasteiger charge is -2.28. The van der Waals surface area contributed by atoms with Crippen molar-refractivity contribution in [1.29, 1.82) is 0 Å². The summed E-state index contributed by atoms with van der Waals surface area (Å²) in [6, 6.07) is 7.14. The summed E-state index contributed by atoms with van der Waals surface area (Å²) < 4.78 is 42.6. The molecular weight excluding hydrogens is 304 g/mol. The molecule has 1 aromatic carbocycles. The molecular formula is C16H20O5S. The molecule has 1 atom stereocenters. The first-order valence-electron chi connectivity index (χ1n) is 6.97. The summed E-state index contributed by atoms with van der Waals surface area (Å²) in [5, 5.41) is 0. The quantitative estimate of drug-likeness (QED) is 0.814. The van der Waals surface area contributed by atoms with Gasteiger partial charge in [-0.2, -0.15) is 8.42 Å². The molecule has 0 heterocycles. The molecule has 1 N–H and O–H groups in total. The Labute approximate surface area is 131 Å². The van der Waals surface area contributed by atoms with E-state index in [1.807, 2.05) is 19.1 Å². The van der Waals surface area contributed by atoms with Crippen molar-refractivity contribution in [1.82, 2.24) is 0 Å². The zero-order valence-corrected chi connectivity index (χ0v) is 13.5. The minimum Gasteiger partial charge on any atom is -0.493 e. The monoisotopic (exact) mass is 324 g/mol. The van der Waals surface area contributed by atoms with E-state index in [1.165, 1.54) is 0 Å². The van der Waals surface area contributed by atoms with E-state index in [1.54, 1.807) is 37.5 Å². The molecule has 5 nitrogen and oxygen atoms in total. The summed E-state index contributed by atoms with van der Waals surface area (Å²) >= 11 is 0. The van der Waals surface area contributed by atoms with E-state index >= 15 is 0 Å². The van der Waals surface area contributed by atoms with E-state index in [0.717, 1.165) is 5.57 Å². The fourth-order valence-corrected chi connectivity index (χ4v) is 3.21. The molecule has 0 fully saturated rings. The highest BCUT2D eigenvalue weighted by atomic mass is 32.2.